The van der Waals surface area contributed by atoms with Crippen LogP contribution in [0, 0.1) is 11.8 Å². The van der Waals surface area contributed by atoms with E-state index in [1.807, 2.05) is 6.07 Å². The van der Waals surface area contributed by atoms with Crippen molar-refractivity contribution in [2.24, 2.45) is 11.8 Å². The Bertz CT molecular complexity index is 542. The molecule has 0 radical (unpaired) electrons. The summed E-state index contributed by atoms with van der Waals surface area (Å²) in [5.41, 5.74) is 0.585. The molecule has 2 aliphatic heterocycles. The van der Waals surface area contributed by atoms with Gasteiger partial charge in [0.15, 0.2) is 5.12 Å². The summed E-state index contributed by atoms with van der Waals surface area (Å²) in [6.07, 6.45) is 0. The number of fused-ring (bicyclic) bond motifs is 1. The maximum atomic E-state index is 12.3. The lowest BCUT2D eigenvalue weighted by atomic mass is 9.94. The summed E-state index contributed by atoms with van der Waals surface area (Å²) < 4.78 is 0. The minimum atomic E-state index is -0.528. The summed E-state index contributed by atoms with van der Waals surface area (Å²) in [5, 5.41) is -0.584. The van der Waals surface area contributed by atoms with Crippen molar-refractivity contribution in [2.45, 2.75) is 12.2 Å². The van der Waals surface area contributed by atoms with Gasteiger partial charge in [-0.2, -0.15) is 0 Å². The number of rotatable bonds is 1. The Balaban J connectivity index is 2.00. The third-order valence-electron chi connectivity index (χ3n) is 3.46. The van der Waals surface area contributed by atoms with Crippen LogP contribution in [0.3, 0.4) is 0 Å². The maximum absolute atomic E-state index is 12.3. The fourth-order valence-electron chi connectivity index (χ4n) is 2.48. The maximum Gasteiger partial charge on any atom is 0.248 e. The van der Waals surface area contributed by atoms with Gasteiger partial charge in [-0.1, -0.05) is 36.9 Å². The predicted octanol–water partition coefficient (Wildman–Crippen LogP) is 1.45. The van der Waals surface area contributed by atoms with Gasteiger partial charge >= 0.3 is 0 Å². The average Bonchev–Trinajstić information content (AvgIpc) is 2.79. The molecular formula is C13H11NO3S. The Kier molecular flexibility index (Phi) is 2.52. The van der Waals surface area contributed by atoms with E-state index in [-0.39, 0.29) is 22.8 Å². The largest absolute Gasteiger partial charge is 0.287 e. The van der Waals surface area contributed by atoms with Crippen molar-refractivity contribution >= 4 is 34.4 Å². The molecule has 1 aromatic rings. The molecule has 2 fully saturated rings. The van der Waals surface area contributed by atoms with Crippen LogP contribution in [0.4, 0.5) is 5.69 Å². The zero-order valence-corrected chi connectivity index (χ0v) is 10.5. The number of hydrogen-bond acceptors (Lipinski definition) is 4. The molecule has 3 rings (SSSR count). The van der Waals surface area contributed by atoms with Crippen molar-refractivity contribution in [1.82, 2.24) is 0 Å². The van der Waals surface area contributed by atoms with E-state index in [1.54, 1.807) is 31.2 Å². The Hall–Kier alpha value is -1.62. The van der Waals surface area contributed by atoms with Crippen molar-refractivity contribution in [1.29, 1.82) is 0 Å². The quantitative estimate of drug-likeness (QED) is 0.718. The van der Waals surface area contributed by atoms with Gasteiger partial charge in [0.05, 0.1) is 11.6 Å². The fourth-order valence-corrected chi connectivity index (χ4v) is 3.79. The molecule has 0 saturated carbocycles. The van der Waals surface area contributed by atoms with Crippen molar-refractivity contribution in [3.05, 3.63) is 30.3 Å². The van der Waals surface area contributed by atoms with Crippen LogP contribution >= 0.6 is 11.8 Å². The Morgan fingerprint density at radius 2 is 1.72 bits per heavy atom. The molecule has 2 amide bonds. The SMILES string of the molecule is CC1C(=O)SC2C(=O)N(c3ccccc3)C(=O)C12. The molecule has 4 nitrogen and oxygen atoms in total. The molecule has 18 heavy (non-hydrogen) atoms. The second-order valence-corrected chi connectivity index (χ2v) is 5.67. The number of hydrogen-bond donors (Lipinski definition) is 0. The number of amides is 2. The molecule has 0 N–H and O–H groups in total. The normalized spacial score (nSPS) is 31.1. The van der Waals surface area contributed by atoms with Gasteiger partial charge in [0.25, 0.3) is 0 Å². The van der Waals surface area contributed by atoms with Crippen LogP contribution < -0.4 is 4.90 Å². The molecule has 0 aliphatic carbocycles. The molecule has 0 aromatic heterocycles. The zero-order valence-electron chi connectivity index (χ0n) is 9.70. The van der Waals surface area contributed by atoms with E-state index in [4.69, 9.17) is 0 Å². The lowest BCUT2D eigenvalue weighted by Crippen LogP contribution is -2.33. The topological polar surface area (TPSA) is 54.5 Å². The van der Waals surface area contributed by atoms with Crippen LogP contribution in [0.2, 0.25) is 0 Å². The molecule has 2 aliphatic rings. The highest BCUT2D eigenvalue weighted by molar-refractivity contribution is 8.15. The summed E-state index contributed by atoms with van der Waals surface area (Å²) in [4.78, 5) is 37.3. The second kappa shape index (κ2) is 3.95. The third kappa shape index (κ3) is 1.43. The molecule has 3 unspecified atom stereocenters. The Labute approximate surface area is 108 Å². The Morgan fingerprint density at radius 3 is 2.33 bits per heavy atom. The standard InChI is InChI=1S/C13H11NO3S/c1-7-9-10(18-13(7)17)12(16)14(11(9)15)8-5-3-2-4-6-8/h2-7,9-10H,1H3. The first-order chi connectivity index (χ1) is 8.61. The van der Waals surface area contributed by atoms with E-state index in [9.17, 15) is 14.4 Å². The van der Waals surface area contributed by atoms with Crippen LogP contribution in [-0.2, 0) is 14.4 Å². The van der Waals surface area contributed by atoms with Crippen LogP contribution in [-0.4, -0.2) is 22.2 Å². The lowest BCUT2D eigenvalue weighted by molar-refractivity contribution is -0.125. The van der Waals surface area contributed by atoms with Gasteiger partial charge in [-0.05, 0) is 12.1 Å². The summed E-state index contributed by atoms with van der Waals surface area (Å²) in [7, 11) is 0. The molecular weight excluding hydrogens is 250 g/mol. The summed E-state index contributed by atoms with van der Waals surface area (Å²) in [5.74, 6) is -1.37. The van der Waals surface area contributed by atoms with Crippen LogP contribution in [0.1, 0.15) is 6.92 Å². The van der Waals surface area contributed by atoms with Crippen molar-refractivity contribution in [2.75, 3.05) is 4.90 Å². The van der Waals surface area contributed by atoms with E-state index in [1.165, 1.54) is 4.90 Å². The minimum absolute atomic E-state index is 0.0561. The number of thioether (sulfide) groups is 1. The van der Waals surface area contributed by atoms with Crippen LogP contribution in [0.15, 0.2) is 30.3 Å². The molecule has 3 atom stereocenters. The highest BCUT2D eigenvalue weighted by atomic mass is 32.2. The highest BCUT2D eigenvalue weighted by Gasteiger charge is 2.57. The van der Waals surface area contributed by atoms with E-state index in [2.05, 4.69) is 0 Å². The van der Waals surface area contributed by atoms with E-state index in [0.29, 0.717) is 5.69 Å². The first-order valence-corrected chi connectivity index (χ1v) is 6.62. The summed E-state index contributed by atoms with van der Waals surface area (Å²) in [6.45, 7) is 1.72. The second-order valence-electron chi connectivity index (χ2n) is 4.52. The average molecular weight is 261 g/mol. The smallest absolute Gasteiger partial charge is 0.248 e. The molecule has 2 heterocycles. The Morgan fingerprint density at radius 1 is 1.06 bits per heavy atom. The number of imide groups is 1. The van der Waals surface area contributed by atoms with Gasteiger partial charge in [0.1, 0.15) is 5.25 Å². The zero-order chi connectivity index (χ0) is 12.9. The monoisotopic (exact) mass is 261 g/mol. The van der Waals surface area contributed by atoms with E-state index in [0.717, 1.165) is 11.8 Å². The van der Waals surface area contributed by atoms with Crippen LogP contribution in [0.5, 0.6) is 0 Å². The molecule has 0 spiro atoms. The summed E-state index contributed by atoms with van der Waals surface area (Å²) in [6, 6.07) is 8.86. The van der Waals surface area contributed by atoms with Gasteiger partial charge in [-0.15, -0.1) is 0 Å². The van der Waals surface area contributed by atoms with Gasteiger partial charge in [0, 0.05) is 5.92 Å². The van der Waals surface area contributed by atoms with Gasteiger partial charge in [0.2, 0.25) is 11.8 Å². The first kappa shape index (κ1) is 11.5. The number of carbonyl (C=O) groups excluding carboxylic acids is 3. The third-order valence-corrected chi connectivity index (χ3v) is 4.82. The van der Waals surface area contributed by atoms with Gasteiger partial charge in [-0.25, -0.2) is 4.90 Å². The molecule has 92 valence electrons. The number of nitrogens with zero attached hydrogens (tertiary/aromatic N) is 1. The number of benzene rings is 1. The highest BCUT2D eigenvalue weighted by Crippen LogP contribution is 2.45. The van der Waals surface area contributed by atoms with E-state index >= 15 is 0 Å². The number of carbonyl (C=O) groups is 3. The first-order valence-electron chi connectivity index (χ1n) is 5.74. The van der Waals surface area contributed by atoms with E-state index < -0.39 is 11.2 Å². The molecule has 0 bridgehead atoms. The lowest BCUT2D eigenvalue weighted by Gasteiger charge is -2.16. The van der Waals surface area contributed by atoms with Crippen molar-refractivity contribution in [3.8, 4) is 0 Å². The van der Waals surface area contributed by atoms with Gasteiger partial charge in [-0.3, -0.25) is 14.4 Å². The van der Waals surface area contributed by atoms with Crippen LogP contribution in [0.25, 0.3) is 0 Å². The summed E-state index contributed by atoms with van der Waals surface area (Å²) >= 11 is 1.00. The molecule has 1 aromatic carbocycles. The molecule has 5 heteroatoms. The predicted molar refractivity (Wildman–Crippen MR) is 68.0 cm³/mol. The van der Waals surface area contributed by atoms with Crippen molar-refractivity contribution in [3.63, 3.8) is 0 Å². The fraction of sp³-hybridized carbons (Fsp3) is 0.308. The molecule has 2 saturated heterocycles. The van der Waals surface area contributed by atoms with Crippen molar-refractivity contribution < 1.29 is 14.4 Å². The number of anilines is 1. The minimum Gasteiger partial charge on any atom is -0.287 e. The number of para-hydroxylation sites is 1. The van der Waals surface area contributed by atoms with Gasteiger partial charge < -0.3 is 0 Å².